The molecule has 0 saturated carbocycles. The van der Waals surface area contributed by atoms with E-state index in [2.05, 4.69) is 5.32 Å². The summed E-state index contributed by atoms with van der Waals surface area (Å²) in [6.45, 7) is 5.75. The maximum absolute atomic E-state index is 12.7. The third-order valence-electron chi connectivity index (χ3n) is 4.50. The molecule has 0 heterocycles. The average molecular weight is 424 g/mol. The minimum Gasteiger partial charge on any atom is -0.465 e. The molecule has 0 aliphatic heterocycles. The van der Waals surface area contributed by atoms with Crippen LogP contribution in [0.5, 0.6) is 0 Å². The van der Waals surface area contributed by atoms with Gasteiger partial charge in [0.05, 0.1) is 7.11 Å². The van der Waals surface area contributed by atoms with Gasteiger partial charge < -0.3 is 15.2 Å². The predicted octanol–water partition coefficient (Wildman–Crippen LogP) is 3.25. The number of nitrogens with one attached hydrogen (secondary N) is 1. The summed E-state index contributed by atoms with van der Waals surface area (Å²) in [5.41, 5.74) is 0.132. The van der Waals surface area contributed by atoms with Gasteiger partial charge in [0.25, 0.3) is 5.91 Å². The van der Waals surface area contributed by atoms with Crippen LogP contribution in [0.3, 0.4) is 0 Å². The molecule has 0 bridgehead atoms. The van der Waals surface area contributed by atoms with Gasteiger partial charge in [-0.05, 0) is 45.6 Å². The largest absolute Gasteiger partial charge is 0.465 e. The lowest BCUT2D eigenvalue weighted by molar-refractivity contribution is -0.175. The van der Waals surface area contributed by atoms with Gasteiger partial charge in [-0.15, -0.1) is 0 Å². The number of carboxylic acid groups (broad SMARTS) is 1. The van der Waals surface area contributed by atoms with Crippen molar-refractivity contribution in [3.63, 3.8) is 0 Å². The maximum Gasteiger partial charge on any atom is 0.408 e. The van der Waals surface area contributed by atoms with E-state index in [9.17, 15) is 19.5 Å². The van der Waals surface area contributed by atoms with Crippen LogP contribution in [0.1, 0.15) is 45.6 Å². The van der Waals surface area contributed by atoms with E-state index in [0.717, 1.165) is 15.5 Å². The van der Waals surface area contributed by atoms with Crippen molar-refractivity contribution >= 4 is 18.1 Å². The Morgan fingerprint density at radius 2 is 1.77 bits per heavy atom. The van der Waals surface area contributed by atoms with E-state index in [1.165, 1.54) is 14.2 Å². The van der Waals surface area contributed by atoms with Gasteiger partial charge in [0.2, 0.25) is 0 Å². The number of amides is 3. The summed E-state index contributed by atoms with van der Waals surface area (Å²) in [4.78, 5) is 42.4. The lowest BCUT2D eigenvalue weighted by Crippen LogP contribution is -2.56. The van der Waals surface area contributed by atoms with Crippen LogP contribution in [-0.2, 0) is 21.0 Å². The molecule has 0 aliphatic rings. The number of likely N-dealkylation sites (N-methyl/N-ethyl adjacent to an activating group) is 1. The lowest BCUT2D eigenvalue weighted by Gasteiger charge is -2.39. The Hall–Kier alpha value is -2.81. The highest BCUT2D eigenvalue weighted by molar-refractivity contribution is 5.84. The van der Waals surface area contributed by atoms with Crippen molar-refractivity contribution in [3.8, 4) is 0 Å². The first-order chi connectivity index (χ1) is 14.1. The van der Waals surface area contributed by atoms with Crippen LogP contribution in [0, 0.1) is 0 Å². The van der Waals surface area contributed by atoms with E-state index in [1.807, 2.05) is 30.3 Å². The molecule has 1 atom stereocenters. The second-order valence-corrected chi connectivity index (χ2v) is 7.84. The van der Waals surface area contributed by atoms with Crippen molar-refractivity contribution in [2.24, 2.45) is 0 Å². The van der Waals surface area contributed by atoms with Gasteiger partial charge in [0, 0.05) is 19.1 Å². The Kier molecular flexibility index (Phi) is 10.1. The molecule has 0 unspecified atom stereocenters. The molecule has 9 heteroatoms. The monoisotopic (exact) mass is 423 g/mol. The summed E-state index contributed by atoms with van der Waals surface area (Å²) in [5.74, 6) is -0.440. The molecule has 9 nitrogen and oxygen atoms in total. The first-order valence-corrected chi connectivity index (χ1v) is 9.86. The lowest BCUT2D eigenvalue weighted by atomic mass is 9.99. The fourth-order valence-electron chi connectivity index (χ4n) is 2.98. The molecule has 1 aromatic carbocycles. The van der Waals surface area contributed by atoms with E-state index in [4.69, 9.17) is 9.57 Å². The molecule has 30 heavy (non-hydrogen) atoms. The number of carbonyl (C=O) groups excluding carboxylic acids is 2. The number of carbonyl (C=O) groups is 3. The normalized spacial score (nSPS) is 12.0. The molecule has 2 N–H and O–H groups in total. The molecule has 168 valence electrons. The molecular weight excluding hydrogens is 390 g/mol. The van der Waals surface area contributed by atoms with Crippen molar-refractivity contribution in [3.05, 3.63) is 35.9 Å². The minimum absolute atomic E-state index is 0.186. The van der Waals surface area contributed by atoms with Crippen molar-refractivity contribution in [2.75, 3.05) is 20.7 Å². The van der Waals surface area contributed by atoms with E-state index in [1.54, 1.807) is 20.8 Å². The number of hydrogen-bond donors (Lipinski definition) is 2. The first-order valence-electron chi connectivity index (χ1n) is 9.86. The zero-order valence-corrected chi connectivity index (χ0v) is 18.4. The number of rotatable bonds is 10. The Balaban J connectivity index is 2.53. The van der Waals surface area contributed by atoms with Gasteiger partial charge >= 0.3 is 12.2 Å². The van der Waals surface area contributed by atoms with Crippen LogP contribution >= 0.6 is 0 Å². The summed E-state index contributed by atoms with van der Waals surface area (Å²) in [6.07, 6.45) is -0.289. The molecule has 1 rings (SSSR count). The third-order valence-corrected chi connectivity index (χ3v) is 4.50. The summed E-state index contributed by atoms with van der Waals surface area (Å²) in [6, 6.07) is 8.46. The average Bonchev–Trinajstić information content (AvgIpc) is 2.69. The van der Waals surface area contributed by atoms with Gasteiger partial charge in [0.1, 0.15) is 12.6 Å². The molecule has 3 amide bonds. The van der Waals surface area contributed by atoms with Crippen LogP contribution in [-0.4, -0.2) is 65.4 Å². The van der Waals surface area contributed by atoms with Gasteiger partial charge in [-0.3, -0.25) is 14.5 Å². The molecule has 0 fully saturated rings. The number of nitrogens with zero attached hydrogens (tertiary/aromatic N) is 2. The molecule has 0 radical (unpaired) electrons. The quantitative estimate of drug-likeness (QED) is 0.442. The van der Waals surface area contributed by atoms with Crippen LogP contribution in [0.4, 0.5) is 9.59 Å². The van der Waals surface area contributed by atoms with Crippen molar-refractivity contribution < 1.29 is 29.1 Å². The van der Waals surface area contributed by atoms with Gasteiger partial charge in [0.15, 0.2) is 0 Å². The van der Waals surface area contributed by atoms with E-state index in [-0.39, 0.29) is 6.61 Å². The van der Waals surface area contributed by atoms with Crippen molar-refractivity contribution in [2.45, 2.75) is 58.2 Å². The number of hydroxylamine groups is 2. The molecule has 0 spiro atoms. The smallest absolute Gasteiger partial charge is 0.408 e. The Labute approximate surface area is 177 Å². The van der Waals surface area contributed by atoms with Crippen LogP contribution in [0.25, 0.3) is 0 Å². The van der Waals surface area contributed by atoms with E-state index in [0.29, 0.717) is 25.8 Å². The summed E-state index contributed by atoms with van der Waals surface area (Å²) >= 11 is 0. The van der Waals surface area contributed by atoms with Gasteiger partial charge in [-0.2, -0.15) is 0 Å². The summed E-state index contributed by atoms with van der Waals surface area (Å²) < 4.78 is 5.14. The molecule has 1 aromatic rings. The third kappa shape index (κ3) is 8.28. The van der Waals surface area contributed by atoms with Crippen molar-refractivity contribution in [1.29, 1.82) is 0 Å². The number of alkyl carbamates (subject to hydrolysis) is 1. The van der Waals surface area contributed by atoms with Crippen LogP contribution < -0.4 is 5.32 Å². The summed E-state index contributed by atoms with van der Waals surface area (Å²) in [5, 5.41) is 13.3. The fourth-order valence-corrected chi connectivity index (χ4v) is 2.98. The van der Waals surface area contributed by atoms with Gasteiger partial charge in [-0.25, -0.2) is 14.7 Å². The van der Waals surface area contributed by atoms with Gasteiger partial charge in [-0.1, -0.05) is 30.3 Å². The zero-order valence-electron chi connectivity index (χ0n) is 18.4. The zero-order chi connectivity index (χ0) is 22.7. The Bertz CT molecular complexity index is 690. The minimum atomic E-state index is -1.17. The Morgan fingerprint density at radius 1 is 1.13 bits per heavy atom. The van der Waals surface area contributed by atoms with Crippen molar-refractivity contribution in [1.82, 2.24) is 15.3 Å². The van der Waals surface area contributed by atoms with E-state index < -0.39 is 29.7 Å². The molecule has 0 aromatic heterocycles. The molecular formula is C21H33N3O6. The predicted molar refractivity (Wildman–Crippen MR) is 112 cm³/mol. The Morgan fingerprint density at radius 3 is 2.30 bits per heavy atom. The number of benzene rings is 1. The molecule has 0 aliphatic carbocycles. The molecule has 0 saturated heterocycles. The number of ether oxygens (including phenoxy) is 1. The van der Waals surface area contributed by atoms with Crippen LogP contribution in [0.2, 0.25) is 0 Å². The highest BCUT2D eigenvalue weighted by Gasteiger charge is 2.38. The van der Waals surface area contributed by atoms with E-state index >= 15 is 0 Å². The second kappa shape index (κ2) is 12.0. The number of hydrogen-bond acceptors (Lipinski definition) is 5. The number of unbranched alkanes of at least 4 members (excludes halogenated alkanes) is 1. The SMILES string of the molecule is CON(C)C(=O)[C@@H](CCCCNC(=O)OCc1ccccc1)N(C(=O)O)C(C)(C)C. The maximum atomic E-state index is 12.7. The summed E-state index contributed by atoms with van der Waals surface area (Å²) in [7, 11) is 2.80. The first kappa shape index (κ1) is 25.2. The highest BCUT2D eigenvalue weighted by atomic mass is 16.7. The fraction of sp³-hybridized carbons (Fsp3) is 0.571. The second-order valence-electron chi connectivity index (χ2n) is 7.84. The van der Waals surface area contributed by atoms with Crippen LogP contribution in [0.15, 0.2) is 30.3 Å². The standard InChI is InChI=1S/C21H33N3O6/c1-21(2,3)24(20(27)28)17(18(25)23(4)29-5)13-9-10-14-22-19(26)30-15-16-11-7-6-8-12-16/h6-8,11-12,17H,9-10,13-15H2,1-5H3,(H,22,26)(H,27,28)/t17-/m1/s1. The topological polar surface area (TPSA) is 108 Å². The highest BCUT2D eigenvalue weighted by Crippen LogP contribution is 2.22.